The highest BCUT2D eigenvalue weighted by Crippen LogP contribution is 2.39. The van der Waals surface area contributed by atoms with Crippen LogP contribution in [0.3, 0.4) is 0 Å². The summed E-state index contributed by atoms with van der Waals surface area (Å²) in [5.74, 6) is 0.689. The van der Waals surface area contributed by atoms with Gasteiger partial charge in [-0.25, -0.2) is 9.67 Å². The van der Waals surface area contributed by atoms with Gasteiger partial charge in [-0.15, -0.1) is 0 Å². The highest BCUT2D eigenvalue weighted by Gasteiger charge is 2.27. The number of hydrogen-bond acceptors (Lipinski definition) is 3. The van der Waals surface area contributed by atoms with E-state index in [2.05, 4.69) is 39.8 Å². The maximum atomic E-state index is 5.83. The van der Waals surface area contributed by atoms with Gasteiger partial charge in [0.15, 0.2) is 6.23 Å². The molecule has 2 aromatic heterocycles. The Hall–Kier alpha value is -0.690. The van der Waals surface area contributed by atoms with Crippen molar-refractivity contribution in [1.29, 1.82) is 0 Å². The molecular formula is C14H16IN3O. The number of rotatable bonds is 2. The van der Waals surface area contributed by atoms with Gasteiger partial charge < -0.3 is 4.74 Å². The normalized spacial score (nSPS) is 23.9. The predicted molar refractivity (Wildman–Crippen MR) is 81.1 cm³/mol. The Labute approximate surface area is 125 Å². The van der Waals surface area contributed by atoms with Crippen LogP contribution in [-0.2, 0) is 4.74 Å². The molecule has 1 unspecified atom stereocenters. The zero-order chi connectivity index (χ0) is 12.8. The van der Waals surface area contributed by atoms with E-state index >= 15 is 0 Å². The molecule has 1 saturated carbocycles. The molecule has 0 aromatic carbocycles. The van der Waals surface area contributed by atoms with E-state index in [0.717, 1.165) is 34.2 Å². The van der Waals surface area contributed by atoms with E-state index in [1.807, 2.05) is 4.68 Å². The van der Waals surface area contributed by atoms with E-state index in [0.29, 0.717) is 5.92 Å². The second-order valence-electron chi connectivity index (χ2n) is 5.43. The Morgan fingerprint density at radius 1 is 1.21 bits per heavy atom. The maximum absolute atomic E-state index is 5.83. The zero-order valence-corrected chi connectivity index (χ0v) is 12.8. The highest BCUT2D eigenvalue weighted by atomic mass is 127. The van der Waals surface area contributed by atoms with Gasteiger partial charge in [-0.2, -0.15) is 5.10 Å². The van der Waals surface area contributed by atoms with E-state index in [9.17, 15) is 0 Å². The lowest BCUT2D eigenvalue weighted by atomic mass is 10.2. The largest absolute Gasteiger partial charge is 0.356 e. The summed E-state index contributed by atoms with van der Waals surface area (Å²) in [7, 11) is 0. The fraction of sp³-hybridized carbons (Fsp3) is 0.571. The molecule has 1 aliphatic carbocycles. The topological polar surface area (TPSA) is 39.9 Å². The van der Waals surface area contributed by atoms with Crippen molar-refractivity contribution >= 4 is 33.6 Å². The number of pyridine rings is 1. The zero-order valence-electron chi connectivity index (χ0n) is 10.7. The third-order valence-electron chi connectivity index (χ3n) is 3.93. The average molecular weight is 369 g/mol. The van der Waals surface area contributed by atoms with E-state index in [1.54, 1.807) is 0 Å². The Kier molecular flexibility index (Phi) is 2.99. The molecule has 0 radical (unpaired) electrons. The third-order valence-corrected chi connectivity index (χ3v) is 4.94. The average Bonchev–Trinajstić information content (AvgIpc) is 3.25. The standard InChI is InChI=1S/C14H16IN3O/c15-14-13-11(7-6-10(16-13)9-4-5-9)17-18(14)12-3-1-2-8-19-12/h6-7,9,12H,1-5,8H2. The van der Waals surface area contributed by atoms with Crippen molar-refractivity contribution in [2.24, 2.45) is 0 Å². The Morgan fingerprint density at radius 2 is 2.11 bits per heavy atom. The maximum Gasteiger partial charge on any atom is 0.151 e. The van der Waals surface area contributed by atoms with Crippen molar-refractivity contribution < 1.29 is 4.74 Å². The first kappa shape index (κ1) is 12.1. The Balaban J connectivity index is 1.76. The van der Waals surface area contributed by atoms with Gasteiger partial charge in [-0.1, -0.05) is 0 Å². The van der Waals surface area contributed by atoms with E-state index < -0.39 is 0 Å². The first-order valence-electron chi connectivity index (χ1n) is 6.99. The lowest BCUT2D eigenvalue weighted by Gasteiger charge is -2.23. The molecule has 4 nitrogen and oxygen atoms in total. The van der Waals surface area contributed by atoms with Crippen molar-refractivity contribution in [2.45, 2.75) is 44.2 Å². The molecule has 0 amide bonds. The lowest BCUT2D eigenvalue weighted by molar-refractivity contribution is -0.0406. The second kappa shape index (κ2) is 4.70. The minimum atomic E-state index is 0.0965. The van der Waals surface area contributed by atoms with Crippen LogP contribution in [0.5, 0.6) is 0 Å². The van der Waals surface area contributed by atoms with Crippen molar-refractivity contribution in [3.8, 4) is 0 Å². The van der Waals surface area contributed by atoms with Crippen molar-refractivity contribution in [3.05, 3.63) is 21.5 Å². The van der Waals surface area contributed by atoms with Crippen LogP contribution >= 0.6 is 22.6 Å². The van der Waals surface area contributed by atoms with Gasteiger partial charge in [0.25, 0.3) is 0 Å². The summed E-state index contributed by atoms with van der Waals surface area (Å²) >= 11 is 2.35. The highest BCUT2D eigenvalue weighted by molar-refractivity contribution is 14.1. The smallest absolute Gasteiger partial charge is 0.151 e. The number of ether oxygens (including phenoxy) is 1. The van der Waals surface area contributed by atoms with E-state index in [1.165, 1.54) is 25.0 Å². The van der Waals surface area contributed by atoms with E-state index in [-0.39, 0.29) is 6.23 Å². The van der Waals surface area contributed by atoms with Gasteiger partial charge in [0, 0.05) is 18.2 Å². The summed E-state index contributed by atoms with van der Waals surface area (Å²) in [4.78, 5) is 4.81. The third kappa shape index (κ3) is 2.16. The molecule has 100 valence electrons. The molecule has 1 aliphatic heterocycles. The van der Waals surface area contributed by atoms with Crippen LogP contribution in [0.25, 0.3) is 11.0 Å². The van der Waals surface area contributed by atoms with Gasteiger partial charge in [0.1, 0.15) is 14.7 Å². The molecule has 0 bridgehead atoms. The van der Waals surface area contributed by atoms with Crippen molar-refractivity contribution in [3.63, 3.8) is 0 Å². The van der Waals surface area contributed by atoms with Crippen LogP contribution in [0.4, 0.5) is 0 Å². The first-order chi connectivity index (χ1) is 9.33. The summed E-state index contributed by atoms with van der Waals surface area (Å²) in [5, 5.41) is 4.68. The summed E-state index contributed by atoms with van der Waals surface area (Å²) in [6.45, 7) is 0.845. The number of nitrogens with zero attached hydrogens (tertiary/aromatic N) is 3. The quantitative estimate of drug-likeness (QED) is 0.760. The van der Waals surface area contributed by atoms with Crippen LogP contribution in [0.2, 0.25) is 0 Å². The van der Waals surface area contributed by atoms with Crippen LogP contribution in [0, 0.1) is 3.70 Å². The summed E-state index contributed by atoms with van der Waals surface area (Å²) in [6, 6.07) is 4.24. The van der Waals surface area contributed by atoms with Crippen LogP contribution in [0.1, 0.15) is 49.9 Å². The summed E-state index contributed by atoms with van der Waals surface area (Å²) in [6.07, 6.45) is 6.11. The number of halogens is 1. The lowest BCUT2D eigenvalue weighted by Crippen LogP contribution is -2.20. The van der Waals surface area contributed by atoms with Gasteiger partial charge >= 0.3 is 0 Å². The monoisotopic (exact) mass is 369 g/mol. The first-order valence-corrected chi connectivity index (χ1v) is 8.07. The van der Waals surface area contributed by atoms with Gasteiger partial charge in [-0.05, 0) is 66.8 Å². The summed E-state index contributed by atoms with van der Waals surface area (Å²) in [5.41, 5.74) is 3.26. The predicted octanol–water partition coefficient (Wildman–Crippen LogP) is 3.61. The molecule has 4 rings (SSSR count). The molecule has 2 aliphatic rings. The molecule has 0 N–H and O–H groups in total. The SMILES string of the molecule is Ic1c2nc(C3CC3)ccc2nn1C1CCCCO1. The fourth-order valence-electron chi connectivity index (χ4n) is 2.68. The molecule has 19 heavy (non-hydrogen) atoms. The minimum Gasteiger partial charge on any atom is -0.356 e. The number of aromatic nitrogens is 3. The van der Waals surface area contributed by atoms with Crippen LogP contribution in [-0.4, -0.2) is 21.4 Å². The van der Waals surface area contributed by atoms with Gasteiger partial charge in [-0.3, -0.25) is 0 Å². The van der Waals surface area contributed by atoms with Gasteiger partial charge in [0.2, 0.25) is 0 Å². The molecule has 2 aromatic rings. The number of fused-ring (bicyclic) bond motifs is 1. The summed E-state index contributed by atoms with van der Waals surface area (Å²) < 4.78 is 8.97. The van der Waals surface area contributed by atoms with Crippen molar-refractivity contribution in [1.82, 2.24) is 14.8 Å². The molecule has 5 heteroatoms. The molecular weight excluding hydrogens is 353 g/mol. The van der Waals surface area contributed by atoms with Gasteiger partial charge in [0.05, 0.1) is 0 Å². The van der Waals surface area contributed by atoms with Crippen LogP contribution in [0.15, 0.2) is 12.1 Å². The molecule has 1 atom stereocenters. The molecule has 1 saturated heterocycles. The Morgan fingerprint density at radius 3 is 2.84 bits per heavy atom. The molecule has 0 spiro atoms. The molecule has 2 fully saturated rings. The van der Waals surface area contributed by atoms with Crippen LogP contribution < -0.4 is 0 Å². The number of hydrogen-bond donors (Lipinski definition) is 0. The Bertz CT molecular complexity index is 614. The van der Waals surface area contributed by atoms with Crippen molar-refractivity contribution in [2.75, 3.05) is 6.61 Å². The molecule has 3 heterocycles. The fourth-order valence-corrected chi connectivity index (χ4v) is 3.50. The van der Waals surface area contributed by atoms with E-state index in [4.69, 9.17) is 9.72 Å². The minimum absolute atomic E-state index is 0.0965. The second-order valence-corrected chi connectivity index (χ2v) is 6.46.